The molecule has 0 aromatic heterocycles. The van der Waals surface area contributed by atoms with Crippen LogP contribution in [0.25, 0.3) is 0 Å². The number of hydrogen-bond donors (Lipinski definition) is 0. The van der Waals surface area contributed by atoms with Gasteiger partial charge in [-0.05, 0) is 18.6 Å². The Hall–Kier alpha value is -1.22. The highest BCUT2D eigenvalue weighted by Gasteiger charge is 2.07. The fourth-order valence-electron chi connectivity index (χ4n) is 1.11. The molecule has 0 saturated carbocycles. The highest BCUT2D eigenvalue weighted by molar-refractivity contribution is 7.80. The maximum atomic E-state index is 11.3. The molecule has 0 saturated heterocycles. The van der Waals surface area contributed by atoms with Crippen LogP contribution in [-0.4, -0.2) is 11.0 Å². The molecule has 0 aliphatic rings. The molecule has 15 heavy (non-hydrogen) atoms. The van der Waals surface area contributed by atoms with Gasteiger partial charge in [-0.2, -0.15) is 0 Å². The smallest absolute Gasteiger partial charge is 0.312 e. The molecule has 0 bridgehead atoms. The number of rotatable bonds is 4. The summed E-state index contributed by atoms with van der Waals surface area (Å²) < 4.78 is 5.03. The maximum absolute atomic E-state index is 11.3. The molecular weight excluding hydrogens is 208 g/mol. The van der Waals surface area contributed by atoms with Crippen LogP contribution in [0.4, 0.5) is 0 Å². The molecule has 0 radical (unpaired) electrons. The van der Waals surface area contributed by atoms with Gasteiger partial charge in [0.15, 0.2) is 0 Å². The molecule has 0 heterocycles. The van der Waals surface area contributed by atoms with E-state index in [1.807, 2.05) is 37.3 Å². The molecule has 0 amide bonds. The van der Waals surface area contributed by atoms with Crippen LogP contribution in [0.1, 0.15) is 31.7 Å². The van der Waals surface area contributed by atoms with Gasteiger partial charge in [0.1, 0.15) is 0 Å². The van der Waals surface area contributed by atoms with Crippen LogP contribution in [0.3, 0.4) is 0 Å². The molecule has 0 spiro atoms. The van der Waals surface area contributed by atoms with Crippen molar-refractivity contribution in [2.24, 2.45) is 0 Å². The van der Waals surface area contributed by atoms with E-state index in [0.717, 1.165) is 18.4 Å². The number of ether oxygens (including phenoxy) is 1. The average molecular weight is 222 g/mol. The first kappa shape index (κ1) is 11.9. The maximum Gasteiger partial charge on any atom is 0.312 e. The first-order chi connectivity index (χ1) is 7.24. The third-order valence-electron chi connectivity index (χ3n) is 1.95. The summed E-state index contributed by atoms with van der Waals surface area (Å²) in [5, 5.41) is 0.261. The Labute approximate surface area is 95.3 Å². The van der Waals surface area contributed by atoms with Crippen LogP contribution in [0.2, 0.25) is 0 Å². The fourth-order valence-corrected chi connectivity index (χ4v) is 1.34. The van der Waals surface area contributed by atoms with Gasteiger partial charge in [-0.3, -0.25) is 4.79 Å². The molecule has 0 fully saturated rings. The molecule has 1 aromatic rings. The lowest BCUT2D eigenvalue weighted by molar-refractivity contribution is -0.135. The van der Waals surface area contributed by atoms with Gasteiger partial charge in [-0.1, -0.05) is 43.7 Å². The number of esters is 1. The lowest BCUT2D eigenvalue weighted by Crippen LogP contribution is -2.11. The summed E-state index contributed by atoms with van der Waals surface area (Å²) in [6.07, 6.45) is 2.26. The Bertz CT molecular complexity index is 333. The number of hydrogen-bond acceptors (Lipinski definition) is 3. The van der Waals surface area contributed by atoms with Crippen molar-refractivity contribution in [3.8, 4) is 0 Å². The summed E-state index contributed by atoms with van der Waals surface area (Å²) in [5.74, 6) is -0.245. The van der Waals surface area contributed by atoms with Crippen LogP contribution < -0.4 is 0 Å². The number of carbonyl (C=O) groups is 1. The summed E-state index contributed by atoms with van der Waals surface area (Å²) >= 11 is 5.00. The highest BCUT2D eigenvalue weighted by atomic mass is 32.1. The molecule has 1 rings (SSSR count). The van der Waals surface area contributed by atoms with Crippen LogP contribution in [0.15, 0.2) is 30.3 Å². The lowest BCUT2D eigenvalue weighted by atomic mass is 10.2. The number of benzene rings is 1. The Balaban J connectivity index is 2.46. The molecular formula is C12H14O2S. The van der Waals surface area contributed by atoms with Crippen molar-refractivity contribution in [3.63, 3.8) is 0 Å². The van der Waals surface area contributed by atoms with Gasteiger partial charge in [0.2, 0.25) is 5.05 Å². The predicted molar refractivity (Wildman–Crippen MR) is 63.8 cm³/mol. The van der Waals surface area contributed by atoms with Crippen molar-refractivity contribution >= 4 is 23.2 Å². The van der Waals surface area contributed by atoms with Gasteiger partial charge >= 0.3 is 5.97 Å². The zero-order valence-electron chi connectivity index (χ0n) is 8.73. The topological polar surface area (TPSA) is 26.3 Å². The third kappa shape index (κ3) is 4.21. The quantitative estimate of drug-likeness (QED) is 0.578. The van der Waals surface area contributed by atoms with Crippen molar-refractivity contribution in [3.05, 3.63) is 35.9 Å². The number of thiocarbonyl (C=S) groups is 1. The summed E-state index contributed by atoms with van der Waals surface area (Å²) in [4.78, 5) is 11.3. The van der Waals surface area contributed by atoms with E-state index < -0.39 is 0 Å². The monoisotopic (exact) mass is 222 g/mol. The summed E-state index contributed by atoms with van der Waals surface area (Å²) in [7, 11) is 0. The SMILES string of the molecule is CCCCC(=O)OC(=S)c1ccccc1. The number of unbranched alkanes of at least 4 members (excludes halogenated alkanes) is 1. The van der Waals surface area contributed by atoms with Gasteiger partial charge in [-0.25, -0.2) is 0 Å². The minimum atomic E-state index is -0.245. The van der Waals surface area contributed by atoms with Crippen molar-refractivity contribution in [2.45, 2.75) is 26.2 Å². The zero-order chi connectivity index (χ0) is 11.1. The Morgan fingerprint density at radius 1 is 1.33 bits per heavy atom. The zero-order valence-corrected chi connectivity index (χ0v) is 9.55. The van der Waals surface area contributed by atoms with E-state index >= 15 is 0 Å². The summed E-state index contributed by atoms with van der Waals surface area (Å²) in [6.45, 7) is 2.03. The standard InChI is InChI=1S/C12H14O2S/c1-2-3-9-11(13)14-12(15)10-7-5-4-6-8-10/h4-8H,2-3,9H2,1H3. The van der Waals surface area contributed by atoms with E-state index in [-0.39, 0.29) is 11.0 Å². The van der Waals surface area contributed by atoms with E-state index in [2.05, 4.69) is 0 Å². The molecule has 1 aromatic carbocycles. The number of carbonyl (C=O) groups excluding carboxylic acids is 1. The first-order valence-electron chi connectivity index (χ1n) is 5.04. The van der Waals surface area contributed by atoms with Crippen molar-refractivity contribution in [2.75, 3.05) is 0 Å². The Morgan fingerprint density at radius 3 is 2.60 bits per heavy atom. The van der Waals surface area contributed by atoms with Crippen molar-refractivity contribution < 1.29 is 9.53 Å². The molecule has 0 unspecified atom stereocenters. The van der Waals surface area contributed by atoms with Gasteiger partial charge in [0.25, 0.3) is 0 Å². The van der Waals surface area contributed by atoms with E-state index in [9.17, 15) is 4.79 Å². The van der Waals surface area contributed by atoms with Crippen LogP contribution in [0, 0.1) is 0 Å². The predicted octanol–water partition coefficient (Wildman–Crippen LogP) is 3.10. The van der Waals surface area contributed by atoms with E-state index in [1.165, 1.54) is 0 Å². The molecule has 0 atom stereocenters. The highest BCUT2D eigenvalue weighted by Crippen LogP contribution is 2.05. The molecule has 0 aliphatic heterocycles. The van der Waals surface area contributed by atoms with Gasteiger partial charge < -0.3 is 4.74 Å². The Kier molecular flexibility index (Phi) is 4.98. The van der Waals surface area contributed by atoms with E-state index in [4.69, 9.17) is 17.0 Å². The first-order valence-corrected chi connectivity index (χ1v) is 5.45. The second-order valence-corrected chi connectivity index (χ2v) is 3.60. The molecule has 2 nitrogen and oxygen atoms in total. The van der Waals surface area contributed by atoms with E-state index in [1.54, 1.807) is 0 Å². The normalized spacial score (nSPS) is 9.67. The third-order valence-corrected chi connectivity index (χ3v) is 2.27. The second kappa shape index (κ2) is 6.30. The minimum Gasteiger partial charge on any atom is -0.414 e. The van der Waals surface area contributed by atoms with Crippen LogP contribution in [-0.2, 0) is 9.53 Å². The fraction of sp³-hybridized carbons (Fsp3) is 0.333. The summed E-state index contributed by atoms with van der Waals surface area (Å²) in [6, 6.07) is 9.28. The molecule has 0 N–H and O–H groups in total. The summed E-state index contributed by atoms with van der Waals surface area (Å²) in [5.41, 5.74) is 0.775. The van der Waals surface area contributed by atoms with Crippen molar-refractivity contribution in [1.29, 1.82) is 0 Å². The molecule has 0 aliphatic carbocycles. The van der Waals surface area contributed by atoms with Crippen LogP contribution in [0.5, 0.6) is 0 Å². The average Bonchev–Trinajstić information content (AvgIpc) is 2.27. The van der Waals surface area contributed by atoms with Gasteiger partial charge in [0.05, 0.1) is 0 Å². The van der Waals surface area contributed by atoms with Gasteiger partial charge in [-0.15, -0.1) is 0 Å². The molecule has 3 heteroatoms. The lowest BCUT2D eigenvalue weighted by Gasteiger charge is -2.04. The second-order valence-electron chi connectivity index (χ2n) is 3.23. The van der Waals surface area contributed by atoms with Crippen molar-refractivity contribution in [1.82, 2.24) is 0 Å². The van der Waals surface area contributed by atoms with Gasteiger partial charge in [0, 0.05) is 12.0 Å². The largest absolute Gasteiger partial charge is 0.414 e. The van der Waals surface area contributed by atoms with E-state index in [0.29, 0.717) is 6.42 Å². The molecule has 80 valence electrons. The van der Waals surface area contributed by atoms with Crippen LogP contribution >= 0.6 is 12.2 Å². The minimum absolute atomic E-state index is 0.245. The Morgan fingerprint density at radius 2 is 2.00 bits per heavy atom.